The second-order valence-corrected chi connectivity index (χ2v) is 13.9. The molecule has 6 nitrogen and oxygen atoms in total. The molecule has 7 aromatic carbocycles. The molecule has 4 aromatic heterocycles. The minimum absolute atomic E-state index is 0.567. The molecule has 0 N–H and O–H groups in total. The first-order valence-corrected chi connectivity index (χ1v) is 18.7. The number of pyridine rings is 1. The zero-order chi connectivity index (χ0) is 37.0. The van der Waals surface area contributed by atoms with Crippen LogP contribution in [0.3, 0.4) is 0 Å². The summed E-state index contributed by atoms with van der Waals surface area (Å²) in [6.45, 7) is 0. The first kappa shape index (κ1) is 31.8. The second-order valence-electron chi connectivity index (χ2n) is 13.9. The Balaban J connectivity index is 1.05. The molecule has 0 spiro atoms. The van der Waals surface area contributed by atoms with E-state index in [1.54, 1.807) is 0 Å². The molecule has 11 rings (SSSR count). The standard InChI is InChI=1S/C50H32N6/c1-4-14-33(15-5-1)34-24-26-36(27-25-34)49-52-48(35-16-6-2-7-17-35)53-50(54-49)37-28-29-47(51-32-37)56-44-23-13-11-21-40(44)42-30-45-41(31-46(42)56)39-20-10-12-22-43(39)55(45)38-18-8-3-9-19-38/h1-32H. The molecule has 262 valence electrons. The maximum Gasteiger partial charge on any atom is 0.165 e. The van der Waals surface area contributed by atoms with E-state index in [1.165, 1.54) is 32.6 Å². The third-order valence-electron chi connectivity index (χ3n) is 10.6. The fraction of sp³-hybridized carbons (Fsp3) is 0. The van der Waals surface area contributed by atoms with Gasteiger partial charge in [0.2, 0.25) is 0 Å². The molecule has 0 bridgehead atoms. The monoisotopic (exact) mass is 716 g/mol. The summed E-state index contributed by atoms with van der Waals surface area (Å²) in [5.41, 5.74) is 10.6. The predicted octanol–water partition coefficient (Wildman–Crippen LogP) is 12.1. The van der Waals surface area contributed by atoms with Crippen LogP contribution in [0.1, 0.15) is 0 Å². The third kappa shape index (κ3) is 5.27. The number of hydrogen-bond acceptors (Lipinski definition) is 4. The number of fused-ring (bicyclic) bond motifs is 6. The Hall–Kier alpha value is -7.70. The lowest BCUT2D eigenvalue weighted by Gasteiger charge is -2.11. The van der Waals surface area contributed by atoms with Gasteiger partial charge < -0.3 is 4.57 Å². The van der Waals surface area contributed by atoms with E-state index in [0.717, 1.165) is 50.4 Å². The first-order valence-electron chi connectivity index (χ1n) is 18.7. The zero-order valence-electron chi connectivity index (χ0n) is 30.2. The van der Waals surface area contributed by atoms with Gasteiger partial charge in [-0.05, 0) is 59.7 Å². The Kier molecular flexibility index (Phi) is 7.38. The quantitative estimate of drug-likeness (QED) is 0.172. The number of hydrogen-bond donors (Lipinski definition) is 0. The third-order valence-corrected chi connectivity index (χ3v) is 10.6. The summed E-state index contributed by atoms with van der Waals surface area (Å²) < 4.78 is 4.64. The molecule has 11 aromatic rings. The van der Waals surface area contributed by atoms with Crippen LogP contribution in [-0.2, 0) is 0 Å². The van der Waals surface area contributed by atoms with Crippen molar-refractivity contribution in [2.24, 2.45) is 0 Å². The van der Waals surface area contributed by atoms with Gasteiger partial charge in [0.15, 0.2) is 17.5 Å². The maximum atomic E-state index is 5.10. The van der Waals surface area contributed by atoms with Crippen molar-refractivity contribution in [3.05, 3.63) is 194 Å². The van der Waals surface area contributed by atoms with Crippen LogP contribution in [0.15, 0.2) is 194 Å². The molecule has 0 saturated heterocycles. The molecule has 4 heterocycles. The smallest absolute Gasteiger partial charge is 0.165 e. The number of nitrogens with zero attached hydrogens (tertiary/aromatic N) is 6. The van der Waals surface area contributed by atoms with Crippen LogP contribution in [0.4, 0.5) is 0 Å². The van der Waals surface area contributed by atoms with Gasteiger partial charge in [-0.3, -0.25) is 4.57 Å². The van der Waals surface area contributed by atoms with E-state index >= 15 is 0 Å². The molecule has 0 saturated carbocycles. The van der Waals surface area contributed by atoms with E-state index in [0.29, 0.717) is 17.5 Å². The topological polar surface area (TPSA) is 61.4 Å². The summed E-state index contributed by atoms with van der Waals surface area (Å²) in [5, 5.41) is 4.75. The fourth-order valence-corrected chi connectivity index (χ4v) is 7.98. The van der Waals surface area contributed by atoms with Crippen LogP contribution in [0.2, 0.25) is 0 Å². The van der Waals surface area contributed by atoms with E-state index in [1.807, 2.05) is 42.6 Å². The average molecular weight is 717 g/mol. The average Bonchev–Trinajstić information content (AvgIpc) is 3.78. The number of para-hydroxylation sites is 3. The van der Waals surface area contributed by atoms with Crippen molar-refractivity contribution in [2.75, 3.05) is 0 Å². The van der Waals surface area contributed by atoms with E-state index in [2.05, 4.69) is 161 Å². The summed E-state index contributed by atoms with van der Waals surface area (Å²) in [6.07, 6.45) is 1.88. The van der Waals surface area contributed by atoms with Crippen LogP contribution >= 0.6 is 0 Å². The van der Waals surface area contributed by atoms with Gasteiger partial charge in [-0.2, -0.15) is 0 Å². The van der Waals surface area contributed by atoms with E-state index < -0.39 is 0 Å². The molecule has 0 aliphatic heterocycles. The molecule has 56 heavy (non-hydrogen) atoms. The minimum Gasteiger partial charge on any atom is -0.309 e. The summed E-state index contributed by atoms with van der Waals surface area (Å²) >= 11 is 0. The van der Waals surface area contributed by atoms with Crippen LogP contribution in [0.25, 0.3) is 100 Å². The highest BCUT2D eigenvalue weighted by atomic mass is 15.1. The van der Waals surface area contributed by atoms with Crippen molar-refractivity contribution in [1.29, 1.82) is 0 Å². The molecular formula is C50H32N6. The van der Waals surface area contributed by atoms with E-state index in [-0.39, 0.29) is 0 Å². The Morgan fingerprint density at radius 3 is 1.32 bits per heavy atom. The van der Waals surface area contributed by atoms with Gasteiger partial charge in [0, 0.05) is 50.1 Å². The van der Waals surface area contributed by atoms with E-state index in [9.17, 15) is 0 Å². The fourth-order valence-electron chi connectivity index (χ4n) is 7.98. The molecule has 0 radical (unpaired) electrons. The molecule has 0 aliphatic carbocycles. The molecule has 6 heteroatoms. The Morgan fingerprint density at radius 2 is 0.732 bits per heavy atom. The lowest BCUT2D eigenvalue weighted by Crippen LogP contribution is -2.01. The van der Waals surface area contributed by atoms with Gasteiger partial charge in [0.05, 0.1) is 22.1 Å². The number of rotatable bonds is 6. The Morgan fingerprint density at radius 1 is 0.304 bits per heavy atom. The second kappa shape index (κ2) is 13.0. The molecule has 0 amide bonds. The van der Waals surface area contributed by atoms with Crippen molar-refractivity contribution in [3.63, 3.8) is 0 Å². The molecular weight excluding hydrogens is 685 g/mol. The molecule has 0 aliphatic rings. The summed E-state index contributed by atoms with van der Waals surface area (Å²) in [6, 6.07) is 65.4. The highest BCUT2D eigenvalue weighted by Crippen LogP contribution is 2.39. The number of aromatic nitrogens is 6. The Bertz CT molecular complexity index is 3200. The zero-order valence-corrected chi connectivity index (χ0v) is 30.2. The van der Waals surface area contributed by atoms with Crippen molar-refractivity contribution < 1.29 is 0 Å². The molecule has 0 atom stereocenters. The van der Waals surface area contributed by atoms with Gasteiger partial charge >= 0.3 is 0 Å². The van der Waals surface area contributed by atoms with Crippen molar-refractivity contribution >= 4 is 43.6 Å². The Labute approximate surface area is 322 Å². The lowest BCUT2D eigenvalue weighted by atomic mass is 10.0. The highest BCUT2D eigenvalue weighted by molar-refractivity contribution is 6.19. The predicted molar refractivity (Wildman–Crippen MR) is 228 cm³/mol. The van der Waals surface area contributed by atoms with Crippen molar-refractivity contribution in [1.82, 2.24) is 29.1 Å². The van der Waals surface area contributed by atoms with Gasteiger partial charge in [-0.25, -0.2) is 19.9 Å². The maximum absolute atomic E-state index is 5.10. The molecule has 0 fully saturated rings. The largest absolute Gasteiger partial charge is 0.309 e. The van der Waals surface area contributed by atoms with Crippen molar-refractivity contribution in [3.8, 4) is 56.8 Å². The van der Waals surface area contributed by atoms with Crippen LogP contribution in [-0.4, -0.2) is 29.1 Å². The van der Waals surface area contributed by atoms with Gasteiger partial charge in [0.25, 0.3) is 0 Å². The highest BCUT2D eigenvalue weighted by Gasteiger charge is 2.19. The van der Waals surface area contributed by atoms with Crippen LogP contribution in [0.5, 0.6) is 0 Å². The summed E-state index contributed by atoms with van der Waals surface area (Å²) in [4.78, 5) is 20.0. The van der Waals surface area contributed by atoms with E-state index in [4.69, 9.17) is 19.9 Å². The van der Waals surface area contributed by atoms with Crippen molar-refractivity contribution in [2.45, 2.75) is 0 Å². The van der Waals surface area contributed by atoms with Crippen LogP contribution in [0, 0.1) is 0 Å². The minimum atomic E-state index is 0.567. The number of benzene rings is 7. The molecule has 0 unspecified atom stereocenters. The summed E-state index contributed by atoms with van der Waals surface area (Å²) in [7, 11) is 0. The van der Waals surface area contributed by atoms with Crippen LogP contribution < -0.4 is 0 Å². The van der Waals surface area contributed by atoms with Gasteiger partial charge in [0.1, 0.15) is 5.82 Å². The lowest BCUT2D eigenvalue weighted by molar-refractivity contribution is 1.05. The first-order chi connectivity index (χ1) is 27.8. The summed E-state index contributed by atoms with van der Waals surface area (Å²) in [5.74, 6) is 2.61. The van der Waals surface area contributed by atoms with Gasteiger partial charge in [-0.15, -0.1) is 0 Å². The normalized spacial score (nSPS) is 11.6. The SMILES string of the molecule is c1ccc(-c2ccc(-c3nc(-c4ccccc4)nc(-c4ccc(-n5c6ccccc6c6cc7c(cc65)c5ccccc5n7-c5ccccc5)nc4)n3)cc2)cc1. The van der Waals surface area contributed by atoms with Gasteiger partial charge in [-0.1, -0.05) is 140 Å².